The molecule has 0 spiro atoms. The fourth-order valence-corrected chi connectivity index (χ4v) is 6.15. The summed E-state index contributed by atoms with van der Waals surface area (Å²) in [6.07, 6.45) is 6.57. The Hall–Kier alpha value is -4.88. The highest BCUT2D eigenvalue weighted by Gasteiger charge is 2.34. The van der Waals surface area contributed by atoms with Gasteiger partial charge in [-0.3, -0.25) is 0 Å². The largest absolute Gasteiger partial charge is 0.333 e. The average molecular weight is 514 g/mol. The Morgan fingerprint density at radius 2 is 1.12 bits per heavy atom. The molecule has 7 rings (SSSR count). The molecule has 0 fully saturated rings. The van der Waals surface area contributed by atoms with E-state index in [0.717, 1.165) is 0 Å². The first-order valence-electron chi connectivity index (χ1n) is 14.1. The Morgan fingerprint density at radius 1 is 0.550 bits per heavy atom. The van der Waals surface area contributed by atoms with Crippen molar-refractivity contribution in [1.29, 1.82) is 0 Å². The highest BCUT2D eigenvalue weighted by Crippen LogP contribution is 2.51. The number of para-hydroxylation sites is 1. The topological polar surface area (TPSA) is 3.24 Å². The number of nitrogens with zero attached hydrogens (tertiary/aromatic N) is 1. The van der Waals surface area contributed by atoms with Crippen molar-refractivity contribution in [3.63, 3.8) is 0 Å². The molecule has 0 aromatic heterocycles. The van der Waals surface area contributed by atoms with Gasteiger partial charge in [0.15, 0.2) is 0 Å². The summed E-state index contributed by atoms with van der Waals surface area (Å²) in [5.41, 5.74) is 10.1. The Bertz CT molecular complexity index is 1930. The van der Waals surface area contributed by atoms with Gasteiger partial charge in [-0.1, -0.05) is 109 Å². The second-order valence-electron chi connectivity index (χ2n) is 10.6. The summed E-state index contributed by atoms with van der Waals surface area (Å²) >= 11 is 0. The third kappa shape index (κ3) is 4.12. The average Bonchev–Trinajstić information content (AvgIpc) is 3.30. The van der Waals surface area contributed by atoms with Crippen molar-refractivity contribution < 1.29 is 0 Å². The van der Waals surface area contributed by atoms with E-state index in [9.17, 15) is 0 Å². The molecule has 1 nitrogen and oxygen atoms in total. The van der Waals surface area contributed by atoms with Crippen molar-refractivity contribution in [3.8, 4) is 22.3 Å². The molecule has 6 aromatic carbocycles. The molecule has 6 aromatic rings. The van der Waals surface area contributed by atoms with E-state index < -0.39 is 0 Å². The third-order valence-corrected chi connectivity index (χ3v) is 8.15. The van der Waals surface area contributed by atoms with Crippen LogP contribution in [0.1, 0.15) is 19.4 Å². The monoisotopic (exact) mass is 513 g/mol. The lowest BCUT2D eigenvalue weighted by Gasteiger charge is -2.27. The zero-order valence-electron chi connectivity index (χ0n) is 22.9. The number of allylic oxidation sites excluding steroid dienone is 3. The van der Waals surface area contributed by atoms with Crippen LogP contribution in [0.5, 0.6) is 0 Å². The molecular formula is C39H31N. The Labute approximate surface area is 236 Å². The second kappa shape index (κ2) is 10.0. The molecule has 1 heteroatoms. The number of hydrogen-bond donors (Lipinski definition) is 0. The molecule has 1 atom stereocenters. The first kappa shape index (κ1) is 24.2. The molecule has 0 radical (unpaired) electrons. The molecule has 0 saturated heterocycles. The second-order valence-corrected chi connectivity index (χ2v) is 10.6. The van der Waals surface area contributed by atoms with E-state index >= 15 is 0 Å². The van der Waals surface area contributed by atoms with Crippen molar-refractivity contribution in [2.45, 2.75) is 19.9 Å². The van der Waals surface area contributed by atoms with E-state index in [4.69, 9.17) is 0 Å². The zero-order chi connectivity index (χ0) is 27.1. The van der Waals surface area contributed by atoms with Crippen LogP contribution in [0.3, 0.4) is 0 Å². The number of fused-ring (bicyclic) bond motifs is 3. The number of rotatable bonds is 4. The maximum absolute atomic E-state index is 2.51. The van der Waals surface area contributed by atoms with E-state index in [1.807, 2.05) is 0 Å². The Kier molecular flexibility index (Phi) is 6.06. The fraction of sp³-hybridized carbons (Fsp3) is 0.0769. The molecule has 0 amide bonds. The minimum absolute atomic E-state index is 0.194. The first-order chi connectivity index (χ1) is 19.7. The zero-order valence-corrected chi connectivity index (χ0v) is 22.9. The third-order valence-electron chi connectivity index (χ3n) is 8.15. The molecular weight excluding hydrogens is 482 g/mol. The van der Waals surface area contributed by atoms with Crippen molar-refractivity contribution >= 4 is 38.5 Å². The maximum atomic E-state index is 2.51. The summed E-state index contributed by atoms with van der Waals surface area (Å²) in [5.74, 6) is 0. The van der Waals surface area contributed by atoms with Gasteiger partial charge in [-0.15, -0.1) is 0 Å². The van der Waals surface area contributed by atoms with Crippen LogP contribution in [-0.4, -0.2) is 6.04 Å². The smallest absolute Gasteiger partial charge is 0.0573 e. The van der Waals surface area contributed by atoms with Gasteiger partial charge in [-0.25, -0.2) is 0 Å². The van der Waals surface area contributed by atoms with Gasteiger partial charge in [0.2, 0.25) is 0 Å². The van der Waals surface area contributed by atoms with Crippen LogP contribution in [0.2, 0.25) is 0 Å². The predicted octanol–water partition coefficient (Wildman–Crippen LogP) is 10.8. The van der Waals surface area contributed by atoms with Crippen LogP contribution < -0.4 is 4.90 Å². The van der Waals surface area contributed by atoms with Gasteiger partial charge in [-0.2, -0.15) is 0 Å². The standard InChI is InChI=1S/C39H31N/c1-3-4-18-36-27(2)40(35-16-6-5-7-17-35)39-37(33-22-20-29-13-9-11-15-31(29)24-33)25-34(26-38(36)39)32-21-19-28-12-8-10-14-30(28)23-32/h3-27H,1-2H3/b4-3-,36-18+. The first-order valence-corrected chi connectivity index (χ1v) is 14.1. The lowest BCUT2D eigenvalue weighted by atomic mass is 9.90. The quantitative estimate of drug-likeness (QED) is 0.227. The molecule has 1 aliphatic rings. The number of anilines is 2. The van der Waals surface area contributed by atoms with Crippen LogP contribution in [0.15, 0.2) is 146 Å². The van der Waals surface area contributed by atoms with Crippen molar-refractivity contribution in [1.82, 2.24) is 0 Å². The van der Waals surface area contributed by atoms with Gasteiger partial charge < -0.3 is 4.90 Å². The SMILES string of the molecule is C/C=C\C=C1\c2cc(-c3ccc4ccccc4c3)cc(-c3ccc4ccccc4c3)c2N(c2ccccc2)C1C. The van der Waals surface area contributed by atoms with E-state index in [-0.39, 0.29) is 6.04 Å². The molecule has 1 aliphatic heterocycles. The van der Waals surface area contributed by atoms with Crippen LogP contribution in [0, 0.1) is 0 Å². The number of benzene rings is 6. The fourth-order valence-electron chi connectivity index (χ4n) is 6.15. The summed E-state index contributed by atoms with van der Waals surface area (Å²) in [7, 11) is 0. The molecule has 0 N–H and O–H groups in total. The highest BCUT2D eigenvalue weighted by molar-refractivity contribution is 6.03. The molecule has 192 valence electrons. The molecule has 0 bridgehead atoms. The van der Waals surface area contributed by atoms with Gasteiger partial charge in [-0.05, 0) is 94.1 Å². The maximum Gasteiger partial charge on any atom is 0.0573 e. The molecule has 0 saturated carbocycles. The van der Waals surface area contributed by atoms with Gasteiger partial charge in [0, 0.05) is 16.8 Å². The summed E-state index contributed by atoms with van der Waals surface area (Å²) in [6, 6.07) is 46.7. The van der Waals surface area contributed by atoms with Gasteiger partial charge in [0.1, 0.15) is 0 Å². The summed E-state index contributed by atoms with van der Waals surface area (Å²) in [6.45, 7) is 4.40. The van der Waals surface area contributed by atoms with Crippen molar-refractivity contribution in [2.24, 2.45) is 0 Å². The van der Waals surface area contributed by atoms with Crippen LogP contribution >= 0.6 is 0 Å². The Morgan fingerprint density at radius 3 is 1.80 bits per heavy atom. The summed E-state index contributed by atoms with van der Waals surface area (Å²) < 4.78 is 0. The normalized spacial score (nSPS) is 15.9. The molecule has 40 heavy (non-hydrogen) atoms. The lowest BCUT2D eigenvalue weighted by molar-refractivity contribution is 0.917. The van der Waals surface area contributed by atoms with E-state index in [1.165, 1.54) is 66.3 Å². The van der Waals surface area contributed by atoms with Gasteiger partial charge >= 0.3 is 0 Å². The molecule has 1 heterocycles. The van der Waals surface area contributed by atoms with Gasteiger partial charge in [0.25, 0.3) is 0 Å². The summed E-state index contributed by atoms with van der Waals surface area (Å²) in [4.78, 5) is 2.51. The van der Waals surface area contributed by atoms with Crippen LogP contribution in [-0.2, 0) is 0 Å². The van der Waals surface area contributed by atoms with Crippen molar-refractivity contribution in [2.75, 3.05) is 4.90 Å². The summed E-state index contributed by atoms with van der Waals surface area (Å²) in [5, 5.41) is 5.04. The van der Waals surface area contributed by atoms with E-state index in [1.54, 1.807) is 0 Å². The highest BCUT2D eigenvalue weighted by atomic mass is 15.2. The van der Waals surface area contributed by atoms with Gasteiger partial charge in [0.05, 0.1) is 11.7 Å². The van der Waals surface area contributed by atoms with E-state index in [2.05, 4.69) is 164 Å². The minimum Gasteiger partial charge on any atom is -0.333 e. The molecule has 1 unspecified atom stereocenters. The predicted molar refractivity (Wildman–Crippen MR) is 173 cm³/mol. The van der Waals surface area contributed by atoms with E-state index in [0.29, 0.717) is 0 Å². The van der Waals surface area contributed by atoms with Crippen molar-refractivity contribution in [3.05, 3.63) is 151 Å². The van der Waals surface area contributed by atoms with Crippen LogP contribution in [0.4, 0.5) is 11.4 Å². The molecule has 0 aliphatic carbocycles. The Balaban J connectivity index is 1.54. The number of hydrogen-bond acceptors (Lipinski definition) is 1. The van der Waals surface area contributed by atoms with Crippen LogP contribution in [0.25, 0.3) is 49.4 Å². The minimum atomic E-state index is 0.194. The lowest BCUT2D eigenvalue weighted by Crippen LogP contribution is -2.23.